The predicted octanol–water partition coefficient (Wildman–Crippen LogP) is -0.438. The Morgan fingerprint density at radius 2 is 2.06 bits per heavy atom. The lowest BCUT2D eigenvalue weighted by atomic mass is 10.7. The zero-order chi connectivity index (χ0) is 12.3. The van der Waals surface area contributed by atoms with E-state index in [2.05, 4.69) is 19.9 Å². The number of aromatic nitrogens is 2. The van der Waals surface area contributed by atoms with Gasteiger partial charge in [-0.25, -0.2) is 0 Å². The first kappa shape index (κ1) is 12.5. The number of anilines is 1. The van der Waals surface area contributed by atoms with Crippen molar-refractivity contribution in [3.63, 3.8) is 0 Å². The van der Waals surface area contributed by atoms with E-state index in [0.717, 1.165) is 0 Å². The van der Waals surface area contributed by atoms with Gasteiger partial charge in [0, 0.05) is 6.92 Å². The van der Waals surface area contributed by atoms with Crippen LogP contribution in [0.25, 0.3) is 0 Å². The van der Waals surface area contributed by atoms with Gasteiger partial charge in [0.05, 0.1) is 0 Å². The average molecular weight is 263 g/mol. The van der Waals surface area contributed by atoms with E-state index in [4.69, 9.17) is 5.73 Å². The highest BCUT2D eigenvalue weighted by Gasteiger charge is 2.19. The van der Waals surface area contributed by atoms with Gasteiger partial charge in [0.15, 0.2) is 0 Å². The Kier molecular flexibility index (Phi) is 3.55. The lowest BCUT2D eigenvalue weighted by molar-refractivity contribution is -0.114. The smallest absolute Gasteiger partial charge is 0.313 e. The molecule has 0 aromatic carbocycles. The molecule has 0 bridgehead atoms. The number of nitrogens with two attached hydrogens (primary N) is 1. The maximum atomic E-state index is 11.5. The molecule has 0 fully saturated rings. The predicted molar refractivity (Wildman–Crippen MR) is 58.7 cm³/mol. The molecule has 0 aliphatic heterocycles. The number of carbonyl (C=O) groups is 1. The number of nitrogens with one attached hydrogen (secondary N) is 1. The molecular formula is C6H9N5O3S2. The van der Waals surface area contributed by atoms with Crippen molar-refractivity contribution in [2.24, 2.45) is 10.1 Å². The van der Waals surface area contributed by atoms with Crippen LogP contribution in [0, 0.1) is 0 Å². The van der Waals surface area contributed by atoms with Gasteiger partial charge < -0.3 is 11.1 Å². The minimum absolute atomic E-state index is 0.0935. The number of hydrogen-bond acceptors (Lipinski definition) is 6. The van der Waals surface area contributed by atoms with E-state index < -0.39 is 10.0 Å². The summed E-state index contributed by atoms with van der Waals surface area (Å²) in [6.45, 7) is 2.62. The third kappa shape index (κ3) is 3.24. The van der Waals surface area contributed by atoms with Gasteiger partial charge in [-0.1, -0.05) is 11.3 Å². The van der Waals surface area contributed by atoms with Gasteiger partial charge in [0.1, 0.15) is 5.84 Å². The van der Waals surface area contributed by atoms with Gasteiger partial charge in [0.25, 0.3) is 4.34 Å². The molecule has 3 N–H and O–H groups in total. The van der Waals surface area contributed by atoms with Gasteiger partial charge in [0.2, 0.25) is 11.0 Å². The van der Waals surface area contributed by atoms with Crippen molar-refractivity contribution in [1.29, 1.82) is 0 Å². The van der Waals surface area contributed by atoms with E-state index in [1.54, 1.807) is 0 Å². The summed E-state index contributed by atoms with van der Waals surface area (Å²) in [7, 11) is -3.92. The van der Waals surface area contributed by atoms with Crippen molar-refractivity contribution in [3.05, 3.63) is 0 Å². The van der Waals surface area contributed by atoms with Crippen LogP contribution < -0.4 is 11.1 Å². The molecule has 10 heteroatoms. The molecule has 1 rings (SSSR count). The summed E-state index contributed by atoms with van der Waals surface area (Å²) < 4.78 is 25.9. The highest BCUT2D eigenvalue weighted by atomic mass is 32.2. The van der Waals surface area contributed by atoms with Gasteiger partial charge >= 0.3 is 10.0 Å². The summed E-state index contributed by atoms with van der Waals surface area (Å²) in [4.78, 5) is 10.7. The molecule has 88 valence electrons. The standard InChI is InChI=1S/C6H9N5O3S2/c1-3(7)11-16(13,14)6-10-9-5(15-6)8-4(2)12/h1-2H3,(H2,7,11)(H,8,9,12). The Morgan fingerprint density at radius 3 is 2.56 bits per heavy atom. The van der Waals surface area contributed by atoms with Gasteiger partial charge in [-0.3, -0.25) is 4.79 Å². The normalized spacial score (nSPS) is 12.5. The van der Waals surface area contributed by atoms with Crippen molar-refractivity contribution >= 4 is 38.2 Å². The van der Waals surface area contributed by atoms with E-state index in [1.165, 1.54) is 13.8 Å². The first-order valence-electron chi connectivity index (χ1n) is 3.99. The average Bonchev–Trinajstić information content (AvgIpc) is 2.49. The number of sulfonamides is 1. The number of rotatable bonds is 3. The molecule has 0 aliphatic carbocycles. The van der Waals surface area contributed by atoms with Gasteiger partial charge in [-0.05, 0) is 6.92 Å². The fraction of sp³-hybridized carbons (Fsp3) is 0.333. The van der Waals surface area contributed by atoms with Crippen LogP contribution in [-0.4, -0.2) is 30.4 Å². The summed E-state index contributed by atoms with van der Waals surface area (Å²) in [6, 6.07) is 0. The van der Waals surface area contributed by atoms with Crippen LogP contribution in [0.2, 0.25) is 0 Å². The number of hydrogen-bond donors (Lipinski definition) is 2. The summed E-state index contributed by atoms with van der Waals surface area (Å²) in [6.07, 6.45) is 0. The molecule has 1 amide bonds. The van der Waals surface area contributed by atoms with Crippen LogP contribution in [0.5, 0.6) is 0 Å². The molecule has 0 saturated carbocycles. The lowest BCUT2D eigenvalue weighted by Crippen LogP contribution is -2.09. The Bertz CT molecular complexity index is 528. The van der Waals surface area contributed by atoms with Crippen LogP contribution in [0.15, 0.2) is 8.74 Å². The van der Waals surface area contributed by atoms with Crippen LogP contribution in [0.4, 0.5) is 5.13 Å². The quantitative estimate of drug-likeness (QED) is 0.432. The lowest BCUT2D eigenvalue weighted by Gasteiger charge is -1.92. The van der Waals surface area contributed by atoms with E-state index in [0.29, 0.717) is 11.3 Å². The van der Waals surface area contributed by atoms with Crippen molar-refractivity contribution in [3.8, 4) is 0 Å². The first-order valence-corrected chi connectivity index (χ1v) is 6.25. The SMILES string of the molecule is CC(=O)Nc1nnc(S(=O)(=O)N=C(C)N)s1. The van der Waals surface area contributed by atoms with Crippen LogP contribution in [0.3, 0.4) is 0 Å². The Hall–Kier alpha value is -1.55. The Morgan fingerprint density at radius 1 is 1.44 bits per heavy atom. The fourth-order valence-corrected chi connectivity index (χ4v) is 2.64. The molecule has 1 aromatic heterocycles. The third-order valence-electron chi connectivity index (χ3n) is 1.17. The topological polar surface area (TPSA) is 127 Å². The zero-order valence-electron chi connectivity index (χ0n) is 8.46. The van der Waals surface area contributed by atoms with Crippen LogP contribution in [0.1, 0.15) is 13.8 Å². The Balaban J connectivity index is 3.03. The molecule has 0 spiro atoms. The minimum Gasteiger partial charge on any atom is -0.387 e. The summed E-state index contributed by atoms with van der Waals surface area (Å²) in [5.41, 5.74) is 5.16. The molecule has 0 radical (unpaired) electrons. The van der Waals surface area contributed by atoms with Crippen molar-refractivity contribution < 1.29 is 13.2 Å². The van der Waals surface area contributed by atoms with Gasteiger partial charge in [-0.2, -0.15) is 8.42 Å². The van der Waals surface area contributed by atoms with E-state index in [9.17, 15) is 13.2 Å². The fourth-order valence-electron chi connectivity index (χ4n) is 0.744. The highest BCUT2D eigenvalue weighted by Crippen LogP contribution is 2.21. The van der Waals surface area contributed by atoms with E-state index in [-0.39, 0.29) is 21.2 Å². The summed E-state index contributed by atoms with van der Waals surface area (Å²) >= 11 is 0.705. The number of amidine groups is 1. The first-order chi connectivity index (χ1) is 7.31. The molecule has 0 atom stereocenters. The van der Waals surface area contributed by atoms with Crippen LogP contribution >= 0.6 is 11.3 Å². The summed E-state index contributed by atoms with van der Waals surface area (Å²) in [5, 5.41) is 9.28. The molecule has 1 heterocycles. The molecule has 1 aromatic rings. The monoisotopic (exact) mass is 263 g/mol. The maximum Gasteiger partial charge on any atom is 0.313 e. The van der Waals surface area contributed by atoms with Crippen molar-refractivity contribution in [2.45, 2.75) is 18.2 Å². The Labute approximate surface area is 95.6 Å². The van der Waals surface area contributed by atoms with E-state index >= 15 is 0 Å². The number of amides is 1. The number of carbonyl (C=O) groups excluding carboxylic acids is 1. The second kappa shape index (κ2) is 4.53. The summed E-state index contributed by atoms with van der Waals surface area (Å²) in [5.74, 6) is -0.463. The van der Waals surface area contributed by atoms with Gasteiger partial charge in [-0.15, -0.1) is 14.6 Å². The second-order valence-corrected chi connectivity index (χ2v) is 5.52. The molecule has 0 saturated heterocycles. The minimum atomic E-state index is -3.92. The molecule has 8 nitrogen and oxygen atoms in total. The zero-order valence-corrected chi connectivity index (χ0v) is 10.1. The largest absolute Gasteiger partial charge is 0.387 e. The molecule has 16 heavy (non-hydrogen) atoms. The van der Waals surface area contributed by atoms with Crippen LogP contribution in [-0.2, 0) is 14.8 Å². The molecule has 0 aliphatic rings. The molecular weight excluding hydrogens is 254 g/mol. The maximum absolute atomic E-state index is 11.5. The van der Waals surface area contributed by atoms with E-state index in [1.807, 2.05) is 0 Å². The number of nitrogens with zero attached hydrogens (tertiary/aromatic N) is 3. The van der Waals surface area contributed by atoms with Crippen molar-refractivity contribution in [1.82, 2.24) is 10.2 Å². The molecule has 0 unspecified atom stereocenters. The second-order valence-electron chi connectivity index (χ2n) is 2.76. The van der Waals surface area contributed by atoms with Crippen molar-refractivity contribution in [2.75, 3.05) is 5.32 Å². The highest BCUT2D eigenvalue weighted by molar-refractivity contribution is 7.92. The third-order valence-corrected chi connectivity index (χ3v) is 3.74.